The number of aliphatic hydroxyl groups is 1. The predicted octanol–water partition coefficient (Wildman–Crippen LogP) is 1.31. The first kappa shape index (κ1) is 15.7. The molecule has 2 aromatic rings. The average molecular weight is 310 g/mol. The number of hydrogen-bond acceptors (Lipinski definition) is 5. The van der Waals surface area contributed by atoms with Gasteiger partial charge in [-0.1, -0.05) is 35.5 Å². The maximum atomic E-state index is 12.3. The molecule has 0 saturated heterocycles. The normalized spacial score (nSPS) is 14.8. The van der Waals surface area contributed by atoms with E-state index in [1.165, 1.54) is 0 Å². The summed E-state index contributed by atoms with van der Waals surface area (Å²) in [4.78, 5) is 0. The number of nitrogens with zero attached hydrogens (tertiary/aromatic N) is 1. The molecule has 1 heterocycles. The predicted molar refractivity (Wildman–Crippen MR) is 77.9 cm³/mol. The van der Waals surface area contributed by atoms with Gasteiger partial charge in [0.1, 0.15) is 17.2 Å². The smallest absolute Gasteiger partial charge is 0.218 e. The third kappa shape index (κ3) is 3.90. The Kier molecular flexibility index (Phi) is 4.46. The fourth-order valence-corrected chi connectivity index (χ4v) is 3.51. The van der Waals surface area contributed by atoms with Gasteiger partial charge >= 0.3 is 0 Å². The van der Waals surface area contributed by atoms with Crippen LogP contribution >= 0.6 is 0 Å². The summed E-state index contributed by atoms with van der Waals surface area (Å²) in [7, 11) is -3.67. The van der Waals surface area contributed by atoms with Gasteiger partial charge in [-0.3, -0.25) is 0 Å². The van der Waals surface area contributed by atoms with Gasteiger partial charge in [0.15, 0.2) is 0 Å². The lowest BCUT2D eigenvalue weighted by Crippen LogP contribution is -2.46. The van der Waals surface area contributed by atoms with Crippen LogP contribution in [0.5, 0.6) is 0 Å². The number of sulfonamides is 1. The summed E-state index contributed by atoms with van der Waals surface area (Å²) in [5, 5.41) is 13.3. The van der Waals surface area contributed by atoms with Crippen molar-refractivity contribution in [1.29, 1.82) is 0 Å². The van der Waals surface area contributed by atoms with Crippen LogP contribution in [0.3, 0.4) is 0 Å². The summed E-state index contributed by atoms with van der Waals surface area (Å²) < 4.78 is 31.9. The Balaban J connectivity index is 2.21. The zero-order valence-electron chi connectivity index (χ0n) is 11.9. The molecule has 1 atom stereocenters. The molecule has 0 aliphatic carbocycles. The van der Waals surface area contributed by atoms with Crippen molar-refractivity contribution < 1.29 is 18.0 Å². The van der Waals surface area contributed by atoms with Crippen molar-refractivity contribution in [2.75, 3.05) is 6.61 Å². The minimum atomic E-state index is -3.67. The fourth-order valence-electron chi connectivity index (χ4n) is 2.05. The summed E-state index contributed by atoms with van der Waals surface area (Å²) in [5.41, 5.74) is -0.0699. The maximum Gasteiger partial charge on any atom is 0.218 e. The van der Waals surface area contributed by atoms with Gasteiger partial charge < -0.3 is 9.63 Å². The standard InChI is InChI=1S/C14H18N2O4S/c1-11-8-13(15-20-11)9-21(18,19)16-14(2,10-17)12-6-4-3-5-7-12/h3-8,16-17H,9-10H2,1-2H3. The van der Waals surface area contributed by atoms with E-state index >= 15 is 0 Å². The number of aryl methyl sites for hydroxylation is 1. The molecule has 114 valence electrons. The molecule has 0 spiro atoms. The van der Waals surface area contributed by atoms with Gasteiger partial charge in [0.05, 0.1) is 12.1 Å². The molecule has 0 aliphatic heterocycles. The lowest BCUT2D eigenvalue weighted by atomic mass is 9.94. The topological polar surface area (TPSA) is 92.4 Å². The first-order valence-electron chi connectivity index (χ1n) is 6.45. The largest absolute Gasteiger partial charge is 0.394 e. The maximum absolute atomic E-state index is 12.3. The van der Waals surface area contributed by atoms with Crippen LogP contribution < -0.4 is 4.72 Å². The van der Waals surface area contributed by atoms with Crippen LogP contribution in [0.15, 0.2) is 40.9 Å². The van der Waals surface area contributed by atoms with Crippen LogP contribution in [-0.2, 0) is 21.3 Å². The molecular weight excluding hydrogens is 292 g/mol. The molecular formula is C14H18N2O4S. The van der Waals surface area contributed by atoms with E-state index in [1.807, 2.05) is 6.07 Å². The van der Waals surface area contributed by atoms with E-state index in [9.17, 15) is 13.5 Å². The number of hydrogen-bond donors (Lipinski definition) is 2. The van der Waals surface area contributed by atoms with E-state index < -0.39 is 15.6 Å². The second-order valence-corrected chi connectivity index (χ2v) is 6.87. The molecule has 0 amide bonds. The van der Waals surface area contributed by atoms with Crippen LogP contribution in [0.2, 0.25) is 0 Å². The van der Waals surface area contributed by atoms with Crippen LogP contribution in [-0.4, -0.2) is 25.3 Å². The van der Waals surface area contributed by atoms with Crippen molar-refractivity contribution in [2.45, 2.75) is 25.1 Å². The number of rotatable bonds is 6. The lowest BCUT2D eigenvalue weighted by molar-refractivity contribution is 0.196. The van der Waals surface area contributed by atoms with Crippen molar-refractivity contribution in [3.05, 3.63) is 53.4 Å². The minimum Gasteiger partial charge on any atom is -0.394 e. The highest BCUT2D eigenvalue weighted by atomic mass is 32.2. The van der Waals surface area contributed by atoms with Crippen molar-refractivity contribution in [1.82, 2.24) is 9.88 Å². The quantitative estimate of drug-likeness (QED) is 0.839. The third-order valence-electron chi connectivity index (χ3n) is 3.12. The Morgan fingerprint density at radius 1 is 1.33 bits per heavy atom. The minimum absolute atomic E-state index is 0.299. The van der Waals surface area contributed by atoms with Crippen LogP contribution in [0, 0.1) is 6.92 Å². The van der Waals surface area contributed by atoms with E-state index in [0.29, 0.717) is 17.0 Å². The van der Waals surface area contributed by atoms with Gasteiger partial charge in [-0.25, -0.2) is 13.1 Å². The van der Waals surface area contributed by atoms with E-state index in [0.717, 1.165) is 0 Å². The second-order valence-electron chi connectivity index (χ2n) is 5.15. The molecule has 0 saturated carbocycles. The molecule has 1 unspecified atom stereocenters. The summed E-state index contributed by atoms with van der Waals surface area (Å²) >= 11 is 0. The molecule has 2 rings (SSSR count). The monoisotopic (exact) mass is 310 g/mol. The molecule has 0 fully saturated rings. The summed E-state index contributed by atoms with van der Waals surface area (Å²) in [6.07, 6.45) is 0. The molecule has 7 heteroatoms. The van der Waals surface area contributed by atoms with E-state index in [2.05, 4.69) is 9.88 Å². The first-order chi connectivity index (χ1) is 9.85. The Morgan fingerprint density at radius 3 is 2.52 bits per heavy atom. The van der Waals surface area contributed by atoms with E-state index in [4.69, 9.17) is 4.52 Å². The van der Waals surface area contributed by atoms with Crippen molar-refractivity contribution >= 4 is 10.0 Å². The summed E-state index contributed by atoms with van der Waals surface area (Å²) in [5.74, 6) is 0.250. The average Bonchev–Trinajstić information content (AvgIpc) is 2.83. The van der Waals surface area contributed by atoms with Crippen molar-refractivity contribution in [3.8, 4) is 0 Å². The molecule has 0 aliphatic rings. The van der Waals surface area contributed by atoms with Gasteiger partial charge in [-0.2, -0.15) is 0 Å². The zero-order chi connectivity index (χ0) is 15.5. The zero-order valence-corrected chi connectivity index (χ0v) is 12.7. The SMILES string of the molecule is Cc1cc(CS(=O)(=O)NC(C)(CO)c2ccccc2)no1. The highest BCUT2D eigenvalue weighted by Crippen LogP contribution is 2.21. The van der Waals surface area contributed by atoms with E-state index in [-0.39, 0.29) is 12.4 Å². The molecule has 0 bridgehead atoms. The number of aliphatic hydroxyl groups excluding tert-OH is 1. The van der Waals surface area contributed by atoms with Gasteiger partial charge in [0, 0.05) is 6.07 Å². The second kappa shape index (κ2) is 5.97. The highest BCUT2D eigenvalue weighted by molar-refractivity contribution is 7.88. The summed E-state index contributed by atoms with van der Waals surface area (Å²) in [6, 6.07) is 10.5. The Hall–Kier alpha value is -1.70. The lowest BCUT2D eigenvalue weighted by Gasteiger charge is -2.28. The molecule has 0 radical (unpaired) electrons. The van der Waals surface area contributed by atoms with Gasteiger partial charge in [0.2, 0.25) is 10.0 Å². The fraction of sp³-hybridized carbons (Fsp3) is 0.357. The summed E-state index contributed by atoms with van der Waals surface area (Å²) in [6.45, 7) is 2.97. The number of nitrogens with one attached hydrogen (secondary N) is 1. The van der Waals surface area contributed by atoms with Crippen LogP contribution in [0.25, 0.3) is 0 Å². The number of aromatic nitrogens is 1. The molecule has 21 heavy (non-hydrogen) atoms. The molecule has 2 N–H and O–H groups in total. The molecule has 1 aromatic carbocycles. The molecule has 6 nitrogen and oxygen atoms in total. The Labute approximate surface area is 123 Å². The van der Waals surface area contributed by atoms with E-state index in [1.54, 1.807) is 44.2 Å². The van der Waals surface area contributed by atoms with Crippen molar-refractivity contribution in [3.63, 3.8) is 0 Å². The Bertz CT molecular complexity index is 697. The van der Waals surface area contributed by atoms with Crippen LogP contribution in [0.1, 0.15) is 23.9 Å². The number of benzene rings is 1. The Morgan fingerprint density at radius 2 is 2.00 bits per heavy atom. The van der Waals surface area contributed by atoms with Crippen LogP contribution in [0.4, 0.5) is 0 Å². The first-order valence-corrected chi connectivity index (χ1v) is 8.10. The van der Waals surface area contributed by atoms with Gasteiger partial charge in [-0.15, -0.1) is 0 Å². The third-order valence-corrected chi connectivity index (χ3v) is 4.56. The van der Waals surface area contributed by atoms with Crippen molar-refractivity contribution in [2.24, 2.45) is 0 Å². The van der Waals surface area contributed by atoms with Gasteiger partial charge in [0.25, 0.3) is 0 Å². The highest BCUT2D eigenvalue weighted by Gasteiger charge is 2.31. The molecule has 1 aromatic heterocycles. The van der Waals surface area contributed by atoms with Gasteiger partial charge in [-0.05, 0) is 19.4 Å².